The highest BCUT2D eigenvalue weighted by molar-refractivity contribution is 5.95. The van der Waals surface area contributed by atoms with E-state index in [4.69, 9.17) is 4.74 Å². The van der Waals surface area contributed by atoms with Gasteiger partial charge in [-0.05, 0) is 43.2 Å². The Morgan fingerprint density at radius 3 is 2.50 bits per heavy atom. The number of hydrogen-bond donors (Lipinski definition) is 2. The fourth-order valence-electron chi connectivity index (χ4n) is 2.26. The molecule has 1 atom stereocenters. The number of ether oxygens (including phenoxy) is 1. The first kappa shape index (κ1) is 16.0. The smallest absolute Gasteiger partial charge is 0.251 e. The van der Waals surface area contributed by atoms with Gasteiger partial charge >= 0.3 is 0 Å². The van der Waals surface area contributed by atoms with Gasteiger partial charge in [-0.1, -0.05) is 30.3 Å². The molecule has 0 aliphatic heterocycles. The van der Waals surface area contributed by atoms with Gasteiger partial charge in [0, 0.05) is 5.56 Å². The summed E-state index contributed by atoms with van der Waals surface area (Å²) >= 11 is 0. The van der Waals surface area contributed by atoms with E-state index in [-0.39, 0.29) is 12.5 Å². The molecule has 0 bridgehead atoms. The van der Waals surface area contributed by atoms with Crippen molar-refractivity contribution in [3.8, 4) is 5.75 Å². The second kappa shape index (κ2) is 6.62. The Morgan fingerprint density at radius 1 is 1.23 bits per heavy atom. The molecule has 116 valence electrons. The summed E-state index contributed by atoms with van der Waals surface area (Å²) in [6, 6.07) is 14.6. The maximum Gasteiger partial charge on any atom is 0.251 e. The molecule has 1 unspecified atom stereocenters. The van der Waals surface area contributed by atoms with Crippen LogP contribution in [0.5, 0.6) is 5.75 Å². The molecule has 0 saturated heterocycles. The van der Waals surface area contributed by atoms with Crippen LogP contribution >= 0.6 is 0 Å². The van der Waals surface area contributed by atoms with Gasteiger partial charge in [-0.2, -0.15) is 0 Å². The number of amides is 1. The molecule has 0 spiro atoms. The van der Waals surface area contributed by atoms with Gasteiger partial charge in [0.05, 0.1) is 13.7 Å². The summed E-state index contributed by atoms with van der Waals surface area (Å²) < 4.78 is 5.13. The SMILES string of the molecule is COc1ccc(C(=O)NCC(C)(O)c2ccccc2)c(C)c1. The van der Waals surface area contributed by atoms with E-state index in [0.717, 1.165) is 11.1 Å². The van der Waals surface area contributed by atoms with Crippen LogP contribution in [-0.2, 0) is 5.60 Å². The summed E-state index contributed by atoms with van der Waals surface area (Å²) in [7, 11) is 1.59. The van der Waals surface area contributed by atoms with Gasteiger partial charge in [-0.25, -0.2) is 0 Å². The van der Waals surface area contributed by atoms with Crippen molar-refractivity contribution in [2.24, 2.45) is 0 Å². The minimum Gasteiger partial charge on any atom is -0.497 e. The average molecular weight is 299 g/mol. The molecule has 2 aromatic carbocycles. The van der Waals surface area contributed by atoms with Crippen LogP contribution in [0.25, 0.3) is 0 Å². The first-order valence-corrected chi connectivity index (χ1v) is 7.15. The van der Waals surface area contributed by atoms with E-state index in [1.807, 2.05) is 43.3 Å². The third-order valence-corrected chi connectivity index (χ3v) is 3.67. The van der Waals surface area contributed by atoms with Crippen molar-refractivity contribution in [2.75, 3.05) is 13.7 Å². The lowest BCUT2D eigenvalue weighted by Gasteiger charge is -2.24. The second-order valence-corrected chi connectivity index (χ2v) is 5.50. The third-order valence-electron chi connectivity index (χ3n) is 3.67. The molecule has 22 heavy (non-hydrogen) atoms. The van der Waals surface area contributed by atoms with Crippen molar-refractivity contribution in [3.05, 3.63) is 65.2 Å². The van der Waals surface area contributed by atoms with Crippen molar-refractivity contribution >= 4 is 5.91 Å². The maximum absolute atomic E-state index is 12.3. The van der Waals surface area contributed by atoms with E-state index in [1.54, 1.807) is 26.2 Å². The predicted octanol–water partition coefficient (Wildman–Crippen LogP) is 2.64. The van der Waals surface area contributed by atoms with Crippen molar-refractivity contribution in [3.63, 3.8) is 0 Å². The molecular formula is C18H21NO3. The maximum atomic E-state index is 12.3. The molecule has 0 aromatic heterocycles. The molecule has 2 aromatic rings. The molecule has 0 aliphatic rings. The zero-order chi connectivity index (χ0) is 16.2. The lowest BCUT2D eigenvalue weighted by Crippen LogP contribution is -2.38. The van der Waals surface area contributed by atoms with Gasteiger partial charge in [0.1, 0.15) is 11.4 Å². The molecular weight excluding hydrogens is 278 g/mol. The topological polar surface area (TPSA) is 58.6 Å². The number of carbonyl (C=O) groups excluding carboxylic acids is 1. The summed E-state index contributed by atoms with van der Waals surface area (Å²) in [6.07, 6.45) is 0. The average Bonchev–Trinajstić information content (AvgIpc) is 2.53. The second-order valence-electron chi connectivity index (χ2n) is 5.50. The van der Waals surface area contributed by atoms with Gasteiger partial charge in [0.2, 0.25) is 0 Å². The molecule has 0 heterocycles. The predicted molar refractivity (Wildman–Crippen MR) is 86.1 cm³/mol. The van der Waals surface area contributed by atoms with Gasteiger partial charge in [0.25, 0.3) is 5.91 Å². The van der Waals surface area contributed by atoms with Gasteiger partial charge in [-0.3, -0.25) is 4.79 Å². The summed E-state index contributed by atoms with van der Waals surface area (Å²) in [5, 5.41) is 13.3. The Morgan fingerprint density at radius 2 is 1.91 bits per heavy atom. The number of carbonyl (C=O) groups is 1. The van der Waals surface area contributed by atoms with Gasteiger partial charge < -0.3 is 15.2 Å². The summed E-state index contributed by atoms with van der Waals surface area (Å²) in [5.74, 6) is 0.502. The Hall–Kier alpha value is -2.33. The first-order chi connectivity index (χ1) is 10.4. The van der Waals surface area contributed by atoms with E-state index >= 15 is 0 Å². The normalized spacial score (nSPS) is 13.3. The van der Waals surface area contributed by atoms with Crippen molar-refractivity contribution < 1.29 is 14.6 Å². The Balaban J connectivity index is 2.07. The fourth-order valence-corrected chi connectivity index (χ4v) is 2.26. The molecule has 0 radical (unpaired) electrons. The summed E-state index contributed by atoms with van der Waals surface area (Å²) in [5.41, 5.74) is 1.06. The zero-order valence-corrected chi connectivity index (χ0v) is 13.1. The van der Waals surface area contributed by atoms with E-state index in [9.17, 15) is 9.90 Å². The number of aryl methyl sites for hydroxylation is 1. The lowest BCUT2D eigenvalue weighted by molar-refractivity contribution is 0.0526. The number of methoxy groups -OCH3 is 1. The van der Waals surface area contributed by atoms with Crippen LogP contribution in [0.4, 0.5) is 0 Å². The lowest BCUT2D eigenvalue weighted by atomic mass is 9.96. The van der Waals surface area contributed by atoms with Crippen LogP contribution in [0.2, 0.25) is 0 Å². The van der Waals surface area contributed by atoms with Crippen LogP contribution in [0.1, 0.15) is 28.4 Å². The molecule has 1 amide bonds. The van der Waals surface area contributed by atoms with Crippen LogP contribution in [-0.4, -0.2) is 24.7 Å². The number of aliphatic hydroxyl groups is 1. The van der Waals surface area contributed by atoms with Gasteiger partial charge in [0.15, 0.2) is 0 Å². The number of benzene rings is 2. The molecule has 0 aliphatic carbocycles. The highest BCUT2D eigenvalue weighted by Gasteiger charge is 2.24. The Labute approximate surface area is 130 Å². The summed E-state index contributed by atoms with van der Waals surface area (Å²) in [4.78, 5) is 12.3. The number of nitrogens with one attached hydrogen (secondary N) is 1. The Bertz CT molecular complexity index is 651. The number of rotatable bonds is 5. The van der Waals surface area contributed by atoms with Crippen molar-refractivity contribution in [1.29, 1.82) is 0 Å². The van der Waals surface area contributed by atoms with Crippen LogP contribution in [0, 0.1) is 6.92 Å². The highest BCUT2D eigenvalue weighted by atomic mass is 16.5. The van der Waals surface area contributed by atoms with E-state index in [0.29, 0.717) is 11.3 Å². The number of hydrogen-bond acceptors (Lipinski definition) is 3. The van der Waals surface area contributed by atoms with E-state index in [1.165, 1.54) is 0 Å². The molecule has 0 fully saturated rings. The minimum absolute atomic E-state index is 0.140. The quantitative estimate of drug-likeness (QED) is 0.892. The van der Waals surface area contributed by atoms with Gasteiger partial charge in [-0.15, -0.1) is 0 Å². The van der Waals surface area contributed by atoms with Crippen molar-refractivity contribution in [2.45, 2.75) is 19.4 Å². The monoisotopic (exact) mass is 299 g/mol. The first-order valence-electron chi connectivity index (χ1n) is 7.15. The van der Waals surface area contributed by atoms with Crippen LogP contribution in [0.15, 0.2) is 48.5 Å². The largest absolute Gasteiger partial charge is 0.497 e. The molecule has 2 N–H and O–H groups in total. The third kappa shape index (κ3) is 3.65. The Kier molecular flexibility index (Phi) is 4.83. The highest BCUT2D eigenvalue weighted by Crippen LogP contribution is 2.20. The van der Waals surface area contributed by atoms with Crippen LogP contribution in [0.3, 0.4) is 0 Å². The van der Waals surface area contributed by atoms with Crippen molar-refractivity contribution in [1.82, 2.24) is 5.32 Å². The fraction of sp³-hybridized carbons (Fsp3) is 0.278. The molecule has 2 rings (SSSR count). The molecule has 4 nitrogen and oxygen atoms in total. The van der Waals surface area contributed by atoms with Crippen LogP contribution < -0.4 is 10.1 Å². The zero-order valence-electron chi connectivity index (χ0n) is 13.1. The van der Waals surface area contributed by atoms with E-state index in [2.05, 4.69) is 5.32 Å². The summed E-state index contributed by atoms with van der Waals surface area (Å²) in [6.45, 7) is 3.68. The van der Waals surface area contributed by atoms with E-state index < -0.39 is 5.60 Å². The standard InChI is InChI=1S/C18H21NO3/c1-13-11-15(22-3)9-10-16(13)17(20)19-12-18(2,21)14-7-5-4-6-8-14/h4-11,21H,12H2,1-3H3,(H,19,20). The minimum atomic E-state index is -1.11. The molecule has 0 saturated carbocycles. The molecule has 4 heteroatoms.